The zero-order chi connectivity index (χ0) is 16.1. The van der Waals surface area contributed by atoms with E-state index in [0.29, 0.717) is 11.6 Å². The van der Waals surface area contributed by atoms with Gasteiger partial charge in [-0.1, -0.05) is 16.8 Å². The number of allylic oxidation sites excluding steroid dienone is 1. The first-order chi connectivity index (χ1) is 11.2. The van der Waals surface area contributed by atoms with Crippen LogP contribution in [0.3, 0.4) is 0 Å². The average Bonchev–Trinajstić information content (AvgIpc) is 2.93. The Morgan fingerprint density at radius 3 is 2.70 bits per heavy atom. The Labute approximate surface area is 136 Å². The molecule has 2 aromatic rings. The van der Waals surface area contributed by atoms with Gasteiger partial charge in [-0.25, -0.2) is 9.97 Å². The molecule has 2 heterocycles. The van der Waals surface area contributed by atoms with Crippen molar-refractivity contribution in [3.63, 3.8) is 0 Å². The van der Waals surface area contributed by atoms with Gasteiger partial charge in [-0.3, -0.25) is 0 Å². The van der Waals surface area contributed by atoms with Crippen LogP contribution in [-0.2, 0) is 0 Å². The van der Waals surface area contributed by atoms with E-state index in [1.54, 1.807) is 5.57 Å². The molecule has 1 aliphatic rings. The van der Waals surface area contributed by atoms with E-state index < -0.39 is 0 Å². The van der Waals surface area contributed by atoms with Crippen molar-refractivity contribution in [3.8, 4) is 0 Å². The lowest BCUT2D eigenvalue weighted by molar-refractivity contribution is 0.400. The highest BCUT2D eigenvalue weighted by Crippen LogP contribution is 2.21. The molecule has 6 nitrogen and oxygen atoms in total. The Hall–Kier alpha value is -2.37. The fraction of sp³-hybridized carbons (Fsp3) is 0.471. The molecule has 122 valence electrons. The molecule has 0 amide bonds. The SMILES string of the molecule is Cc1nc(NCCC2=CCCCC2)cc(Nc2cc(C)on2)n1. The predicted molar refractivity (Wildman–Crippen MR) is 90.9 cm³/mol. The molecule has 0 saturated carbocycles. The van der Waals surface area contributed by atoms with Crippen LogP contribution in [0.1, 0.15) is 43.7 Å². The Kier molecular flexibility index (Phi) is 4.90. The molecule has 23 heavy (non-hydrogen) atoms. The van der Waals surface area contributed by atoms with E-state index in [-0.39, 0.29) is 0 Å². The first-order valence-electron chi connectivity index (χ1n) is 8.17. The third-order valence-electron chi connectivity index (χ3n) is 3.86. The van der Waals surface area contributed by atoms with Crippen LogP contribution in [0.15, 0.2) is 28.3 Å². The molecule has 0 radical (unpaired) electrons. The van der Waals surface area contributed by atoms with Gasteiger partial charge in [0.15, 0.2) is 5.82 Å². The van der Waals surface area contributed by atoms with E-state index in [4.69, 9.17) is 4.52 Å². The molecule has 0 spiro atoms. The molecule has 0 unspecified atom stereocenters. The number of aryl methyl sites for hydroxylation is 2. The summed E-state index contributed by atoms with van der Waals surface area (Å²) in [7, 11) is 0. The molecular weight excluding hydrogens is 290 g/mol. The van der Waals surface area contributed by atoms with Crippen LogP contribution in [0.4, 0.5) is 17.5 Å². The number of hydrogen-bond donors (Lipinski definition) is 2. The van der Waals surface area contributed by atoms with Gasteiger partial charge in [0.2, 0.25) is 0 Å². The Bertz CT molecular complexity index is 692. The van der Waals surface area contributed by atoms with Crippen LogP contribution in [0.5, 0.6) is 0 Å². The highest BCUT2D eigenvalue weighted by molar-refractivity contribution is 5.55. The Morgan fingerprint density at radius 2 is 1.96 bits per heavy atom. The molecule has 0 aromatic carbocycles. The molecule has 3 rings (SSSR count). The first kappa shape index (κ1) is 15.5. The van der Waals surface area contributed by atoms with Gasteiger partial charge in [0.1, 0.15) is 23.2 Å². The molecule has 2 aromatic heterocycles. The van der Waals surface area contributed by atoms with Crippen molar-refractivity contribution in [2.75, 3.05) is 17.2 Å². The standard InChI is InChI=1S/C17H23N5O/c1-12-10-17(22-23-12)21-16-11-15(19-13(2)20-16)18-9-8-14-6-4-3-5-7-14/h6,10-11H,3-5,7-9H2,1-2H3,(H2,18,19,20,21,22). The second-order valence-corrected chi connectivity index (χ2v) is 5.92. The third-order valence-corrected chi connectivity index (χ3v) is 3.86. The van der Waals surface area contributed by atoms with Crippen molar-refractivity contribution < 1.29 is 4.52 Å². The second kappa shape index (κ2) is 7.26. The van der Waals surface area contributed by atoms with E-state index in [0.717, 1.165) is 30.4 Å². The fourth-order valence-corrected chi connectivity index (χ4v) is 2.76. The lowest BCUT2D eigenvalue weighted by atomic mass is 9.97. The number of nitrogens with zero attached hydrogens (tertiary/aromatic N) is 3. The van der Waals surface area contributed by atoms with Gasteiger partial charge < -0.3 is 15.2 Å². The number of aromatic nitrogens is 3. The van der Waals surface area contributed by atoms with Crippen molar-refractivity contribution in [1.82, 2.24) is 15.1 Å². The monoisotopic (exact) mass is 313 g/mol. The van der Waals surface area contributed by atoms with Crippen LogP contribution in [0, 0.1) is 13.8 Å². The molecule has 6 heteroatoms. The number of anilines is 3. The highest BCUT2D eigenvalue weighted by atomic mass is 16.5. The summed E-state index contributed by atoms with van der Waals surface area (Å²) in [6, 6.07) is 3.73. The van der Waals surface area contributed by atoms with Crippen LogP contribution in [-0.4, -0.2) is 21.7 Å². The zero-order valence-electron chi connectivity index (χ0n) is 13.7. The molecule has 1 aliphatic carbocycles. The number of rotatable bonds is 6. The summed E-state index contributed by atoms with van der Waals surface area (Å²) in [6.45, 7) is 4.63. The molecule has 0 bridgehead atoms. The number of hydrogen-bond acceptors (Lipinski definition) is 6. The van der Waals surface area contributed by atoms with E-state index in [2.05, 4.69) is 31.8 Å². The van der Waals surface area contributed by atoms with Crippen molar-refractivity contribution >= 4 is 17.5 Å². The summed E-state index contributed by atoms with van der Waals surface area (Å²) >= 11 is 0. The minimum atomic E-state index is 0.652. The fourth-order valence-electron chi connectivity index (χ4n) is 2.76. The minimum Gasteiger partial charge on any atom is -0.370 e. The van der Waals surface area contributed by atoms with E-state index in [1.165, 1.54) is 25.7 Å². The van der Waals surface area contributed by atoms with Gasteiger partial charge in [-0.2, -0.15) is 0 Å². The third kappa shape index (κ3) is 4.55. The summed E-state index contributed by atoms with van der Waals surface area (Å²) in [6.07, 6.45) is 8.59. The molecule has 0 atom stereocenters. The van der Waals surface area contributed by atoms with Gasteiger partial charge >= 0.3 is 0 Å². The van der Waals surface area contributed by atoms with Crippen molar-refractivity contribution in [1.29, 1.82) is 0 Å². The molecule has 0 saturated heterocycles. The first-order valence-corrected chi connectivity index (χ1v) is 8.17. The normalized spacial score (nSPS) is 14.4. The van der Waals surface area contributed by atoms with Gasteiger partial charge in [-0.05, 0) is 46.0 Å². The van der Waals surface area contributed by atoms with Crippen LogP contribution < -0.4 is 10.6 Å². The molecule has 0 aliphatic heterocycles. The van der Waals surface area contributed by atoms with Crippen LogP contribution in [0.25, 0.3) is 0 Å². The topological polar surface area (TPSA) is 75.9 Å². The second-order valence-electron chi connectivity index (χ2n) is 5.92. The van der Waals surface area contributed by atoms with Crippen LogP contribution in [0.2, 0.25) is 0 Å². The molecule has 0 fully saturated rings. The van der Waals surface area contributed by atoms with Crippen LogP contribution >= 0.6 is 0 Å². The largest absolute Gasteiger partial charge is 0.370 e. The number of nitrogens with one attached hydrogen (secondary N) is 2. The van der Waals surface area contributed by atoms with Gasteiger partial charge in [-0.15, -0.1) is 0 Å². The summed E-state index contributed by atoms with van der Waals surface area (Å²) in [5, 5.41) is 10.4. The zero-order valence-corrected chi connectivity index (χ0v) is 13.7. The lowest BCUT2D eigenvalue weighted by Crippen LogP contribution is -2.08. The van der Waals surface area contributed by atoms with E-state index in [1.807, 2.05) is 26.0 Å². The molecule has 2 N–H and O–H groups in total. The summed E-state index contributed by atoms with van der Waals surface area (Å²) in [5.41, 5.74) is 1.56. The smallest absolute Gasteiger partial charge is 0.175 e. The lowest BCUT2D eigenvalue weighted by Gasteiger charge is -2.13. The van der Waals surface area contributed by atoms with Crippen molar-refractivity contribution in [2.24, 2.45) is 0 Å². The maximum Gasteiger partial charge on any atom is 0.175 e. The summed E-state index contributed by atoms with van der Waals surface area (Å²) in [4.78, 5) is 8.82. The maximum atomic E-state index is 5.05. The van der Waals surface area contributed by atoms with E-state index >= 15 is 0 Å². The van der Waals surface area contributed by atoms with Crippen molar-refractivity contribution in [3.05, 3.63) is 35.4 Å². The Balaban J connectivity index is 1.59. The quantitative estimate of drug-likeness (QED) is 0.781. The maximum absolute atomic E-state index is 5.05. The van der Waals surface area contributed by atoms with Gasteiger partial charge in [0.05, 0.1) is 0 Å². The van der Waals surface area contributed by atoms with E-state index in [9.17, 15) is 0 Å². The average molecular weight is 313 g/mol. The molecular formula is C17H23N5O. The van der Waals surface area contributed by atoms with Gasteiger partial charge in [0, 0.05) is 18.7 Å². The Morgan fingerprint density at radius 1 is 1.09 bits per heavy atom. The predicted octanol–water partition coefficient (Wildman–Crippen LogP) is 4.13. The minimum absolute atomic E-state index is 0.652. The summed E-state index contributed by atoms with van der Waals surface area (Å²) in [5.74, 6) is 3.67. The van der Waals surface area contributed by atoms with Gasteiger partial charge in [0.25, 0.3) is 0 Å². The van der Waals surface area contributed by atoms with Crippen molar-refractivity contribution in [2.45, 2.75) is 46.0 Å². The highest BCUT2D eigenvalue weighted by Gasteiger charge is 2.07. The summed E-state index contributed by atoms with van der Waals surface area (Å²) < 4.78 is 5.05.